The molecular formula is C30H46O5. The Bertz CT molecular complexity index is 752. The normalized spacial score (nSPS) is 36.1. The van der Waals surface area contributed by atoms with Crippen LogP contribution < -0.4 is 0 Å². The Morgan fingerprint density at radius 3 is 2.54 bits per heavy atom. The van der Waals surface area contributed by atoms with Crippen LogP contribution in [0.3, 0.4) is 0 Å². The molecule has 0 amide bonds. The number of fused-ring (bicyclic) bond motifs is 1. The summed E-state index contributed by atoms with van der Waals surface area (Å²) < 4.78 is 25.0. The standard InChI is InChI=1S/C30H46O5/c1-3-4-5-10-22(2)27(34-29-11-6-8-17-32-29)14-13-25-26-20-23(15-16-31)19-24(26)21-28(25)35-30-12-7-9-18-33-30/h13-15,22,24-31H,5-12,16-21H2,1-2H3/b14-13+,23-15-/t22?,24-,25+,26-,27+,28+,29?,30?/m0/s1. The third-order valence-corrected chi connectivity index (χ3v) is 8.36. The quantitative estimate of drug-likeness (QED) is 0.314. The Morgan fingerprint density at radius 1 is 1.09 bits per heavy atom. The summed E-state index contributed by atoms with van der Waals surface area (Å²) >= 11 is 0. The summed E-state index contributed by atoms with van der Waals surface area (Å²) in [5.74, 6) is 8.12. The Hall–Kier alpha value is -1.16. The van der Waals surface area contributed by atoms with Crippen LogP contribution in [0.25, 0.3) is 0 Å². The summed E-state index contributed by atoms with van der Waals surface area (Å²) in [4.78, 5) is 0. The molecule has 0 radical (unpaired) electrons. The average molecular weight is 487 g/mol. The highest BCUT2D eigenvalue weighted by Crippen LogP contribution is 2.52. The van der Waals surface area contributed by atoms with Gasteiger partial charge in [-0.25, -0.2) is 0 Å². The maximum absolute atomic E-state index is 9.44. The summed E-state index contributed by atoms with van der Waals surface area (Å²) in [5, 5.41) is 9.44. The molecule has 0 aromatic heterocycles. The van der Waals surface area contributed by atoms with Crippen molar-refractivity contribution in [3.63, 3.8) is 0 Å². The molecule has 4 rings (SSSR count). The number of rotatable bonds is 10. The van der Waals surface area contributed by atoms with Gasteiger partial charge < -0.3 is 24.1 Å². The summed E-state index contributed by atoms with van der Waals surface area (Å²) in [6, 6.07) is 0. The van der Waals surface area contributed by atoms with E-state index < -0.39 is 0 Å². The van der Waals surface area contributed by atoms with Crippen molar-refractivity contribution < 1.29 is 24.1 Å². The summed E-state index contributed by atoms with van der Waals surface area (Å²) in [7, 11) is 0. The van der Waals surface area contributed by atoms with Crippen LogP contribution in [0.2, 0.25) is 0 Å². The minimum atomic E-state index is -0.109. The molecule has 2 saturated heterocycles. The van der Waals surface area contributed by atoms with Gasteiger partial charge in [-0.15, -0.1) is 11.8 Å². The van der Waals surface area contributed by atoms with Gasteiger partial charge in [0.2, 0.25) is 0 Å². The number of ether oxygens (including phenoxy) is 4. The number of hydrogen-bond donors (Lipinski definition) is 1. The number of aliphatic hydroxyl groups excluding tert-OH is 1. The molecule has 4 fully saturated rings. The molecule has 196 valence electrons. The molecule has 5 nitrogen and oxygen atoms in total. The highest BCUT2D eigenvalue weighted by Gasteiger charge is 2.47. The molecule has 1 N–H and O–H groups in total. The zero-order valence-electron chi connectivity index (χ0n) is 21.8. The maximum atomic E-state index is 9.44. The zero-order valence-corrected chi connectivity index (χ0v) is 21.8. The minimum Gasteiger partial charge on any atom is -0.392 e. The van der Waals surface area contributed by atoms with Crippen LogP contribution in [0.1, 0.15) is 84.5 Å². The van der Waals surface area contributed by atoms with Gasteiger partial charge in [0.25, 0.3) is 0 Å². The fraction of sp³-hybridized carbons (Fsp3) is 0.800. The molecule has 35 heavy (non-hydrogen) atoms. The van der Waals surface area contributed by atoms with E-state index in [1.54, 1.807) is 0 Å². The van der Waals surface area contributed by atoms with Crippen molar-refractivity contribution in [1.82, 2.24) is 0 Å². The molecule has 3 unspecified atom stereocenters. The van der Waals surface area contributed by atoms with Crippen molar-refractivity contribution in [3.8, 4) is 11.8 Å². The second-order valence-corrected chi connectivity index (χ2v) is 10.9. The Balaban J connectivity index is 1.48. The Labute approximate surface area is 212 Å². The van der Waals surface area contributed by atoms with E-state index in [0.717, 1.165) is 71.0 Å². The van der Waals surface area contributed by atoms with Crippen molar-refractivity contribution in [2.24, 2.45) is 23.7 Å². The molecule has 4 aliphatic rings. The highest BCUT2D eigenvalue weighted by atomic mass is 16.7. The van der Waals surface area contributed by atoms with E-state index in [2.05, 4.69) is 30.9 Å². The number of hydrogen-bond acceptors (Lipinski definition) is 5. The minimum absolute atomic E-state index is 0.0104. The van der Waals surface area contributed by atoms with E-state index in [9.17, 15) is 5.11 Å². The lowest BCUT2D eigenvalue weighted by molar-refractivity contribution is -0.193. The van der Waals surface area contributed by atoms with E-state index >= 15 is 0 Å². The molecule has 2 aliphatic heterocycles. The molecule has 0 spiro atoms. The molecule has 2 heterocycles. The van der Waals surface area contributed by atoms with Gasteiger partial charge in [-0.05, 0) is 88.9 Å². The monoisotopic (exact) mass is 486 g/mol. The smallest absolute Gasteiger partial charge is 0.158 e. The van der Waals surface area contributed by atoms with Gasteiger partial charge in [-0.3, -0.25) is 0 Å². The van der Waals surface area contributed by atoms with Crippen molar-refractivity contribution in [3.05, 3.63) is 23.8 Å². The van der Waals surface area contributed by atoms with Gasteiger partial charge in [-0.1, -0.05) is 30.7 Å². The lowest BCUT2D eigenvalue weighted by Crippen LogP contribution is -2.32. The fourth-order valence-corrected chi connectivity index (χ4v) is 6.39. The summed E-state index contributed by atoms with van der Waals surface area (Å²) in [6.07, 6.45) is 18.5. The number of allylic oxidation sites excluding steroid dienone is 1. The SMILES string of the molecule is CC#CCCC(C)[C@@H](/C=C/[C@@H]1[C@H]2C/C(=C\CO)C[C@H]2C[C@H]1OC1CCCCO1)OC1CCCCO1. The third kappa shape index (κ3) is 7.66. The first-order valence-electron chi connectivity index (χ1n) is 14.1. The number of aliphatic hydroxyl groups is 1. The van der Waals surface area contributed by atoms with Crippen LogP contribution in [0.4, 0.5) is 0 Å². The second kappa shape index (κ2) is 14.0. The predicted octanol–water partition coefficient (Wildman–Crippen LogP) is 5.77. The topological polar surface area (TPSA) is 57.2 Å². The van der Waals surface area contributed by atoms with Gasteiger partial charge >= 0.3 is 0 Å². The second-order valence-electron chi connectivity index (χ2n) is 10.9. The van der Waals surface area contributed by atoms with E-state index in [1.165, 1.54) is 18.4 Å². The predicted molar refractivity (Wildman–Crippen MR) is 137 cm³/mol. The maximum Gasteiger partial charge on any atom is 0.158 e. The van der Waals surface area contributed by atoms with Crippen LogP contribution >= 0.6 is 0 Å². The van der Waals surface area contributed by atoms with Gasteiger partial charge in [0.1, 0.15) is 0 Å². The van der Waals surface area contributed by atoms with E-state index in [1.807, 2.05) is 13.0 Å². The zero-order chi connectivity index (χ0) is 24.5. The molecule has 0 aromatic carbocycles. The Kier molecular flexibility index (Phi) is 10.7. The van der Waals surface area contributed by atoms with Crippen LogP contribution in [-0.4, -0.2) is 49.7 Å². The van der Waals surface area contributed by atoms with E-state index in [4.69, 9.17) is 18.9 Å². The molecule has 0 aromatic rings. The lowest BCUT2D eigenvalue weighted by atomic mass is 9.89. The average Bonchev–Trinajstić information content (AvgIpc) is 3.40. The molecule has 5 heteroatoms. The fourth-order valence-electron chi connectivity index (χ4n) is 6.39. The first kappa shape index (κ1) is 26.9. The van der Waals surface area contributed by atoms with E-state index in [0.29, 0.717) is 23.7 Å². The molecule has 8 atom stereocenters. The van der Waals surface area contributed by atoms with Gasteiger partial charge in [0.15, 0.2) is 12.6 Å². The van der Waals surface area contributed by atoms with E-state index in [-0.39, 0.29) is 31.4 Å². The van der Waals surface area contributed by atoms with Crippen molar-refractivity contribution >= 4 is 0 Å². The molecule has 0 bridgehead atoms. The van der Waals surface area contributed by atoms with Crippen LogP contribution in [0, 0.1) is 35.5 Å². The van der Waals surface area contributed by atoms with Crippen LogP contribution in [0.15, 0.2) is 23.8 Å². The summed E-state index contributed by atoms with van der Waals surface area (Å²) in [6.45, 7) is 5.92. The van der Waals surface area contributed by atoms with Gasteiger partial charge in [-0.2, -0.15) is 0 Å². The van der Waals surface area contributed by atoms with Crippen LogP contribution in [0.5, 0.6) is 0 Å². The van der Waals surface area contributed by atoms with Gasteiger partial charge in [0, 0.05) is 25.6 Å². The largest absolute Gasteiger partial charge is 0.392 e. The first-order chi connectivity index (χ1) is 17.2. The third-order valence-electron chi connectivity index (χ3n) is 8.36. The molecular weight excluding hydrogens is 440 g/mol. The van der Waals surface area contributed by atoms with Gasteiger partial charge in [0.05, 0.1) is 18.8 Å². The van der Waals surface area contributed by atoms with Crippen molar-refractivity contribution in [2.45, 2.75) is 109 Å². The van der Waals surface area contributed by atoms with Crippen molar-refractivity contribution in [2.75, 3.05) is 19.8 Å². The molecule has 2 saturated carbocycles. The lowest BCUT2D eigenvalue weighted by Gasteiger charge is -2.31. The highest BCUT2D eigenvalue weighted by molar-refractivity contribution is 5.18. The Morgan fingerprint density at radius 2 is 1.86 bits per heavy atom. The van der Waals surface area contributed by atoms with Crippen LogP contribution in [-0.2, 0) is 18.9 Å². The molecule has 2 aliphatic carbocycles. The summed E-state index contributed by atoms with van der Waals surface area (Å²) in [5.41, 5.74) is 1.41. The van der Waals surface area contributed by atoms with Crippen molar-refractivity contribution in [1.29, 1.82) is 0 Å². The first-order valence-corrected chi connectivity index (χ1v) is 14.1.